The van der Waals surface area contributed by atoms with E-state index in [2.05, 4.69) is 0 Å². The molecule has 1 aromatic rings. The minimum atomic E-state index is 0.135. The topological polar surface area (TPSA) is 55.6 Å². The Kier molecular flexibility index (Phi) is 4.74. The number of carbonyl (C=O) groups excluding carboxylic acids is 1. The number of thioether (sulfide) groups is 1. The highest BCUT2D eigenvalue weighted by atomic mass is 35.5. The van der Waals surface area contributed by atoms with Crippen molar-refractivity contribution in [2.75, 3.05) is 37.8 Å². The first-order valence-corrected chi connectivity index (χ1v) is 7.06. The number of carbonyl (C=O) groups is 1. The van der Waals surface area contributed by atoms with Crippen molar-refractivity contribution in [3.05, 3.63) is 23.2 Å². The number of ether oxygens (including phenoxy) is 1. The molecule has 0 unspecified atom stereocenters. The molecule has 1 aromatic carbocycles. The van der Waals surface area contributed by atoms with Gasteiger partial charge in [0.25, 0.3) is 0 Å². The lowest BCUT2D eigenvalue weighted by Gasteiger charge is -2.26. The zero-order valence-electron chi connectivity index (χ0n) is 9.89. The van der Waals surface area contributed by atoms with E-state index < -0.39 is 0 Å². The summed E-state index contributed by atoms with van der Waals surface area (Å²) in [6.07, 6.45) is 0. The summed E-state index contributed by atoms with van der Waals surface area (Å²) >= 11 is 7.40. The molecule has 6 heteroatoms. The minimum Gasteiger partial charge on any atom is -0.398 e. The lowest BCUT2D eigenvalue weighted by atomic mass is 10.3. The van der Waals surface area contributed by atoms with Crippen LogP contribution in [0.15, 0.2) is 23.1 Å². The van der Waals surface area contributed by atoms with E-state index in [4.69, 9.17) is 22.1 Å². The van der Waals surface area contributed by atoms with Gasteiger partial charge in [-0.15, -0.1) is 11.8 Å². The van der Waals surface area contributed by atoms with E-state index in [1.807, 2.05) is 11.0 Å². The number of nitrogens with zero attached hydrogens (tertiary/aromatic N) is 1. The van der Waals surface area contributed by atoms with Gasteiger partial charge in [0.05, 0.1) is 29.7 Å². The van der Waals surface area contributed by atoms with E-state index in [0.717, 1.165) is 4.90 Å². The van der Waals surface area contributed by atoms with Crippen molar-refractivity contribution in [2.24, 2.45) is 0 Å². The van der Waals surface area contributed by atoms with Gasteiger partial charge in [-0.2, -0.15) is 0 Å². The molecule has 4 nitrogen and oxygen atoms in total. The molecule has 1 aliphatic rings. The van der Waals surface area contributed by atoms with E-state index in [9.17, 15) is 4.79 Å². The lowest BCUT2D eigenvalue weighted by Crippen LogP contribution is -2.41. The molecule has 1 amide bonds. The van der Waals surface area contributed by atoms with Gasteiger partial charge in [0.15, 0.2) is 0 Å². The molecule has 0 radical (unpaired) electrons. The van der Waals surface area contributed by atoms with Crippen molar-refractivity contribution < 1.29 is 9.53 Å². The predicted molar refractivity (Wildman–Crippen MR) is 74.0 cm³/mol. The van der Waals surface area contributed by atoms with Crippen molar-refractivity contribution >= 4 is 35.0 Å². The van der Waals surface area contributed by atoms with Crippen molar-refractivity contribution in [1.29, 1.82) is 0 Å². The van der Waals surface area contributed by atoms with Crippen molar-refractivity contribution in [2.45, 2.75) is 4.90 Å². The zero-order chi connectivity index (χ0) is 13.0. The maximum absolute atomic E-state index is 11.9. The molecule has 2 rings (SSSR count). The molecule has 18 heavy (non-hydrogen) atoms. The first-order valence-electron chi connectivity index (χ1n) is 5.70. The maximum Gasteiger partial charge on any atom is 0.233 e. The lowest BCUT2D eigenvalue weighted by molar-refractivity contribution is -0.132. The molecular formula is C12H15ClN2O2S. The minimum absolute atomic E-state index is 0.135. The summed E-state index contributed by atoms with van der Waals surface area (Å²) in [6, 6.07) is 5.41. The van der Waals surface area contributed by atoms with Gasteiger partial charge >= 0.3 is 0 Å². The molecule has 1 saturated heterocycles. The van der Waals surface area contributed by atoms with Crippen LogP contribution in [0.2, 0.25) is 5.02 Å². The molecule has 0 spiro atoms. The molecule has 0 bridgehead atoms. The number of hydrogen-bond acceptors (Lipinski definition) is 4. The zero-order valence-corrected chi connectivity index (χ0v) is 11.5. The highest BCUT2D eigenvalue weighted by Crippen LogP contribution is 2.26. The summed E-state index contributed by atoms with van der Waals surface area (Å²) in [7, 11) is 0. The monoisotopic (exact) mass is 286 g/mol. The van der Waals surface area contributed by atoms with Crippen LogP contribution >= 0.6 is 23.4 Å². The van der Waals surface area contributed by atoms with Crippen molar-refractivity contribution in [3.63, 3.8) is 0 Å². The van der Waals surface area contributed by atoms with Crippen LogP contribution in [0, 0.1) is 0 Å². The molecule has 1 heterocycles. The number of benzene rings is 1. The predicted octanol–water partition coefficient (Wildman–Crippen LogP) is 1.87. The van der Waals surface area contributed by atoms with Crippen LogP contribution in [0.4, 0.5) is 5.69 Å². The Hall–Kier alpha value is -0.910. The fraction of sp³-hybridized carbons (Fsp3) is 0.417. The van der Waals surface area contributed by atoms with Gasteiger partial charge in [0, 0.05) is 18.0 Å². The smallest absolute Gasteiger partial charge is 0.233 e. The fourth-order valence-corrected chi connectivity index (χ4v) is 2.73. The van der Waals surface area contributed by atoms with E-state index in [1.54, 1.807) is 12.1 Å². The second-order valence-electron chi connectivity index (χ2n) is 3.97. The number of hydrogen-bond donors (Lipinski definition) is 1. The number of amides is 1. The van der Waals surface area contributed by atoms with Gasteiger partial charge in [-0.25, -0.2) is 0 Å². The van der Waals surface area contributed by atoms with Crippen LogP contribution in [-0.4, -0.2) is 42.9 Å². The summed E-state index contributed by atoms with van der Waals surface area (Å²) in [5.41, 5.74) is 6.19. The third-order valence-corrected chi connectivity index (χ3v) is 4.00. The summed E-state index contributed by atoms with van der Waals surface area (Å²) in [6.45, 7) is 2.62. The second-order valence-corrected chi connectivity index (χ2v) is 5.42. The molecule has 0 atom stereocenters. The van der Waals surface area contributed by atoms with Crippen LogP contribution in [0.25, 0.3) is 0 Å². The van der Waals surface area contributed by atoms with Crippen LogP contribution in [0.1, 0.15) is 0 Å². The quantitative estimate of drug-likeness (QED) is 0.681. The van der Waals surface area contributed by atoms with Gasteiger partial charge in [-0.05, 0) is 18.2 Å². The first-order chi connectivity index (χ1) is 8.66. The largest absolute Gasteiger partial charge is 0.398 e. The third-order valence-electron chi connectivity index (χ3n) is 2.70. The summed E-state index contributed by atoms with van der Waals surface area (Å²) in [5.74, 6) is 0.552. The second kappa shape index (κ2) is 6.31. The summed E-state index contributed by atoms with van der Waals surface area (Å²) < 4.78 is 5.21. The molecule has 1 fully saturated rings. The Morgan fingerprint density at radius 1 is 1.44 bits per heavy atom. The van der Waals surface area contributed by atoms with E-state index in [-0.39, 0.29) is 5.91 Å². The SMILES string of the molecule is Nc1ccc(SCC(=O)N2CCOCC2)cc1Cl. The number of rotatable bonds is 3. The number of nitrogens with two attached hydrogens (primary N) is 1. The van der Waals surface area contributed by atoms with E-state index in [1.165, 1.54) is 11.8 Å². The molecule has 0 aromatic heterocycles. The highest BCUT2D eigenvalue weighted by Gasteiger charge is 2.16. The first kappa shape index (κ1) is 13.5. The number of morpholine rings is 1. The van der Waals surface area contributed by atoms with Gasteiger partial charge in [-0.3, -0.25) is 4.79 Å². The standard InChI is InChI=1S/C12H15ClN2O2S/c13-10-7-9(1-2-11(10)14)18-8-12(16)15-3-5-17-6-4-15/h1-2,7H,3-6,8,14H2. The molecule has 98 valence electrons. The summed E-state index contributed by atoms with van der Waals surface area (Å²) in [5, 5.41) is 0.527. The van der Waals surface area contributed by atoms with Crippen LogP contribution < -0.4 is 5.73 Å². The highest BCUT2D eigenvalue weighted by molar-refractivity contribution is 8.00. The van der Waals surface area contributed by atoms with Crippen LogP contribution in [0.5, 0.6) is 0 Å². The van der Waals surface area contributed by atoms with Crippen molar-refractivity contribution in [3.8, 4) is 0 Å². The number of halogens is 1. The van der Waals surface area contributed by atoms with Crippen molar-refractivity contribution in [1.82, 2.24) is 4.90 Å². The Morgan fingerprint density at radius 3 is 2.83 bits per heavy atom. The van der Waals surface area contributed by atoms with E-state index in [0.29, 0.717) is 42.8 Å². The Morgan fingerprint density at radius 2 is 2.17 bits per heavy atom. The fourth-order valence-electron chi connectivity index (χ4n) is 1.65. The molecular weight excluding hydrogens is 272 g/mol. The van der Waals surface area contributed by atoms with E-state index >= 15 is 0 Å². The molecule has 0 saturated carbocycles. The average Bonchev–Trinajstić information content (AvgIpc) is 2.41. The third kappa shape index (κ3) is 3.54. The van der Waals surface area contributed by atoms with Gasteiger partial charge < -0.3 is 15.4 Å². The van der Waals surface area contributed by atoms with Gasteiger partial charge in [0.2, 0.25) is 5.91 Å². The molecule has 2 N–H and O–H groups in total. The van der Waals surface area contributed by atoms with Crippen LogP contribution in [-0.2, 0) is 9.53 Å². The Bertz CT molecular complexity index is 436. The maximum atomic E-state index is 11.9. The average molecular weight is 287 g/mol. The Labute approximate surface area is 115 Å². The Balaban J connectivity index is 1.86. The van der Waals surface area contributed by atoms with Gasteiger partial charge in [0.1, 0.15) is 0 Å². The molecule has 0 aliphatic carbocycles. The molecule has 1 aliphatic heterocycles. The number of nitrogen functional groups attached to an aromatic ring is 1. The summed E-state index contributed by atoms with van der Waals surface area (Å²) in [4.78, 5) is 14.7. The normalized spacial score (nSPS) is 15.7. The van der Waals surface area contributed by atoms with Crippen LogP contribution in [0.3, 0.4) is 0 Å². The number of anilines is 1. The van der Waals surface area contributed by atoms with Gasteiger partial charge in [-0.1, -0.05) is 11.6 Å².